The molecule has 0 nitrogen and oxygen atoms in total. The van der Waals surface area contributed by atoms with Gasteiger partial charge in [0.05, 0.1) is 0 Å². The third-order valence-electron chi connectivity index (χ3n) is 5.10. The summed E-state index contributed by atoms with van der Waals surface area (Å²) in [6, 6.07) is 0. The Morgan fingerprint density at radius 3 is 0.833 bits per heavy atom. The molecule has 146 valence electrons. The predicted molar refractivity (Wildman–Crippen MR) is 118 cm³/mol. The number of unbranched alkanes of at least 4 members (excludes halogenated alkanes) is 20. The molecule has 0 N–H and O–H groups in total. The van der Waals surface area contributed by atoms with Crippen LogP contribution in [0.15, 0.2) is 0 Å². The van der Waals surface area contributed by atoms with Crippen LogP contribution in [0.2, 0.25) is 0 Å². The molecule has 24 heavy (non-hydrogen) atoms. The molecule has 0 amide bonds. The molecule has 0 rings (SSSR count). The normalized spacial score (nSPS) is 10.8. The lowest BCUT2D eigenvalue weighted by Crippen LogP contribution is -1.84. The Hall–Kier alpha value is 0.532. The molecule has 1 heteroatoms. The molecular formula is C23H51Al. The van der Waals surface area contributed by atoms with Gasteiger partial charge in [0.25, 0.3) is 0 Å². The summed E-state index contributed by atoms with van der Waals surface area (Å²) in [7, 11) is 0. The molecule has 0 aliphatic rings. The largest absolute Gasteiger partial charge is 0.0654 e. The van der Waals surface area contributed by atoms with Crippen LogP contribution in [-0.2, 0) is 0 Å². The predicted octanol–water partition coefficient (Wildman–Crippen LogP) is 9.14. The Labute approximate surface area is 169 Å². The van der Waals surface area contributed by atoms with Gasteiger partial charge in [-0.3, -0.25) is 0 Å². The number of hydrogen-bond acceptors (Lipinski definition) is 0. The van der Waals surface area contributed by atoms with Crippen LogP contribution >= 0.6 is 0 Å². The lowest BCUT2D eigenvalue weighted by Gasteiger charge is -2.04. The first-order chi connectivity index (χ1) is 11.4. The molecular weight excluding hydrogens is 303 g/mol. The molecule has 0 aromatic heterocycles. The molecule has 0 spiro atoms. The molecule has 0 bridgehead atoms. The maximum atomic E-state index is 3.90. The molecule has 0 aliphatic heterocycles. The van der Waals surface area contributed by atoms with E-state index >= 15 is 0 Å². The second kappa shape index (κ2) is 25.8. The SMILES string of the molecule is [Al].[CH2]CCCCCCCCCCCCCCCCCCCCCC.[HH].[HH]. The highest BCUT2D eigenvalue weighted by Gasteiger charge is 1.95. The second-order valence-electron chi connectivity index (χ2n) is 7.57. The van der Waals surface area contributed by atoms with Gasteiger partial charge in [0.15, 0.2) is 0 Å². The third kappa shape index (κ3) is 24.8. The zero-order valence-electron chi connectivity index (χ0n) is 17.1. The molecule has 0 heterocycles. The summed E-state index contributed by atoms with van der Waals surface area (Å²) in [5, 5.41) is 0. The lowest BCUT2D eigenvalue weighted by molar-refractivity contribution is 0.522. The van der Waals surface area contributed by atoms with Crippen molar-refractivity contribution in [3.05, 3.63) is 6.92 Å². The molecule has 0 atom stereocenters. The summed E-state index contributed by atoms with van der Waals surface area (Å²) in [5.41, 5.74) is 0. The van der Waals surface area contributed by atoms with Crippen LogP contribution in [0.3, 0.4) is 0 Å². The Morgan fingerprint density at radius 2 is 0.625 bits per heavy atom. The van der Waals surface area contributed by atoms with E-state index in [1.165, 1.54) is 128 Å². The summed E-state index contributed by atoms with van der Waals surface area (Å²) in [4.78, 5) is 0. The van der Waals surface area contributed by atoms with E-state index in [4.69, 9.17) is 0 Å². The zero-order chi connectivity index (χ0) is 16.8. The fraction of sp³-hybridized carbons (Fsp3) is 0.957. The number of rotatable bonds is 20. The molecule has 0 saturated carbocycles. The van der Waals surface area contributed by atoms with Crippen molar-refractivity contribution in [2.75, 3.05) is 0 Å². The van der Waals surface area contributed by atoms with Gasteiger partial charge in [-0.1, -0.05) is 149 Å². The van der Waals surface area contributed by atoms with Crippen LogP contribution in [-0.4, -0.2) is 17.4 Å². The minimum atomic E-state index is 0. The van der Waals surface area contributed by atoms with E-state index < -0.39 is 0 Å². The summed E-state index contributed by atoms with van der Waals surface area (Å²) in [5.74, 6) is 0. The molecule has 0 unspecified atom stereocenters. The highest BCUT2D eigenvalue weighted by molar-refractivity contribution is 5.75. The van der Waals surface area contributed by atoms with Crippen molar-refractivity contribution in [3.63, 3.8) is 0 Å². The molecule has 0 saturated heterocycles. The minimum absolute atomic E-state index is 0. The van der Waals surface area contributed by atoms with Crippen molar-refractivity contribution < 1.29 is 2.85 Å². The van der Waals surface area contributed by atoms with Gasteiger partial charge in [-0.25, -0.2) is 0 Å². The minimum Gasteiger partial charge on any atom is -0.0654 e. The summed E-state index contributed by atoms with van der Waals surface area (Å²) >= 11 is 0. The van der Waals surface area contributed by atoms with Crippen molar-refractivity contribution in [2.45, 2.75) is 142 Å². The fourth-order valence-electron chi connectivity index (χ4n) is 3.43. The van der Waals surface area contributed by atoms with E-state index in [9.17, 15) is 0 Å². The zero-order valence-corrected chi connectivity index (χ0v) is 18.3. The summed E-state index contributed by atoms with van der Waals surface area (Å²) < 4.78 is 0. The van der Waals surface area contributed by atoms with E-state index in [2.05, 4.69) is 13.8 Å². The smallest absolute Gasteiger partial charge is 0 e. The average Bonchev–Trinajstić information content (AvgIpc) is 2.57. The van der Waals surface area contributed by atoms with E-state index in [-0.39, 0.29) is 20.2 Å². The van der Waals surface area contributed by atoms with Gasteiger partial charge in [0, 0.05) is 20.2 Å². The summed E-state index contributed by atoms with van der Waals surface area (Å²) in [6.07, 6.45) is 30.3. The maximum Gasteiger partial charge on any atom is 0 e. The number of hydrogen-bond donors (Lipinski definition) is 0. The van der Waals surface area contributed by atoms with Crippen molar-refractivity contribution in [3.8, 4) is 0 Å². The molecule has 0 aromatic rings. The second-order valence-corrected chi connectivity index (χ2v) is 7.57. The summed E-state index contributed by atoms with van der Waals surface area (Å²) in [6.45, 7) is 6.20. The highest BCUT2D eigenvalue weighted by Crippen LogP contribution is 2.14. The van der Waals surface area contributed by atoms with Crippen LogP contribution < -0.4 is 0 Å². The monoisotopic (exact) mass is 354 g/mol. The standard InChI is InChI=1S/C23H47.Al.2H2/c1-3-5-7-9-11-13-15-17-19-21-23-22-20-18-16-14-12-10-8-6-4-2;;;/h1,3-23H2,2H3;;2*1H. The average molecular weight is 355 g/mol. The maximum absolute atomic E-state index is 3.90. The first-order valence-corrected chi connectivity index (χ1v) is 11.2. The Kier molecular flexibility index (Phi) is 28.7. The fourth-order valence-corrected chi connectivity index (χ4v) is 3.43. The molecule has 4 radical (unpaired) electrons. The van der Waals surface area contributed by atoms with E-state index in [1.54, 1.807) is 0 Å². The Bertz CT molecular complexity index is 181. The topological polar surface area (TPSA) is 0 Å². The van der Waals surface area contributed by atoms with Gasteiger partial charge in [-0.2, -0.15) is 0 Å². The van der Waals surface area contributed by atoms with Gasteiger partial charge in [-0.05, 0) is 0 Å². The van der Waals surface area contributed by atoms with Crippen molar-refractivity contribution in [1.82, 2.24) is 0 Å². The Morgan fingerprint density at radius 1 is 0.417 bits per heavy atom. The van der Waals surface area contributed by atoms with E-state index in [1.807, 2.05) is 0 Å². The molecule has 0 fully saturated rings. The van der Waals surface area contributed by atoms with Crippen LogP contribution in [0.1, 0.15) is 145 Å². The first kappa shape index (κ1) is 26.8. The van der Waals surface area contributed by atoms with Gasteiger partial charge in [-0.15, -0.1) is 0 Å². The van der Waals surface area contributed by atoms with Crippen molar-refractivity contribution >= 4 is 17.4 Å². The van der Waals surface area contributed by atoms with Crippen LogP contribution in [0.5, 0.6) is 0 Å². The third-order valence-corrected chi connectivity index (χ3v) is 5.10. The van der Waals surface area contributed by atoms with Crippen LogP contribution in [0.4, 0.5) is 0 Å². The Balaban J connectivity index is -0.000000807. The molecule has 0 aromatic carbocycles. The van der Waals surface area contributed by atoms with Crippen molar-refractivity contribution in [1.29, 1.82) is 0 Å². The van der Waals surface area contributed by atoms with E-state index in [0.29, 0.717) is 0 Å². The van der Waals surface area contributed by atoms with Gasteiger partial charge >= 0.3 is 0 Å². The van der Waals surface area contributed by atoms with Crippen molar-refractivity contribution in [2.24, 2.45) is 0 Å². The highest BCUT2D eigenvalue weighted by atomic mass is 27.0. The first-order valence-electron chi connectivity index (χ1n) is 11.2. The van der Waals surface area contributed by atoms with Gasteiger partial charge < -0.3 is 0 Å². The molecule has 0 aliphatic carbocycles. The van der Waals surface area contributed by atoms with E-state index in [0.717, 1.165) is 6.42 Å². The van der Waals surface area contributed by atoms with Crippen LogP contribution in [0, 0.1) is 6.92 Å². The lowest BCUT2D eigenvalue weighted by atomic mass is 10.0. The van der Waals surface area contributed by atoms with Gasteiger partial charge in [0.2, 0.25) is 0 Å². The van der Waals surface area contributed by atoms with Crippen LogP contribution in [0.25, 0.3) is 0 Å². The quantitative estimate of drug-likeness (QED) is 0.151. The van der Waals surface area contributed by atoms with Gasteiger partial charge in [0.1, 0.15) is 0 Å².